The van der Waals surface area contributed by atoms with Crippen molar-refractivity contribution in [3.05, 3.63) is 34.9 Å². The molecule has 0 radical (unpaired) electrons. The minimum Gasteiger partial charge on any atom is -0.351 e. The van der Waals surface area contributed by atoms with Crippen molar-refractivity contribution in [2.45, 2.75) is 58.3 Å². The topological polar surface area (TPSA) is 44.4 Å². The van der Waals surface area contributed by atoms with Crippen LogP contribution in [0.3, 0.4) is 0 Å². The fourth-order valence-corrected chi connectivity index (χ4v) is 3.44. The van der Waals surface area contributed by atoms with E-state index in [0.29, 0.717) is 6.54 Å². The van der Waals surface area contributed by atoms with Gasteiger partial charge in [-0.3, -0.25) is 9.69 Å². The second kappa shape index (κ2) is 10.2. The smallest absolute Gasteiger partial charge is 0.237 e. The number of rotatable bonds is 4. The standard InChI is InChI=1S/C18H27N3O.2ClH/c1-14(21-8-4-2-3-5-9-21)18(22)20-11-15-6-7-16-12-19-13-17(16)10-15;;/h6-7,10,14,19H,2-5,8-9,11-13H2,1H3,(H,20,22);2*1H. The third-order valence-electron chi connectivity index (χ3n) is 4.94. The van der Waals surface area contributed by atoms with Crippen molar-refractivity contribution >= 4 is 30.7 Å². The highest BCUT2D eigenvalue weighted by Gasteiger charge is 2.21. The van der Waals surface area contributed by atoms with Gasteiger partial charge in [-0.15, -0.1) is 24.8 Å². The van der Waals surface area contributed by atoms with Crippen LogP contribution in [-0.4, -0.2) is 29.9 Å². The number of nitrogens with zero attached hydrogens (tertiary/aromatic N) is 1. The first-order valence-electron chi connectivity index (χ1n) is 8.57. The van der Waals surface area contributed by atoms with E-state index in [0.717, 1.165) is 26.2 Å². The van der Waals surface area contributed by atoms with Crippen LogP contribution >= 0.6 is 24.8 Å². The monoisotopic (exact) mass is 373 g/mol. The van der Waals surface area contributed by atoms with Gasteiger partial charge in [-0.25, -0.2) is 0 Å². The predicted octanol–water partition coefficient (Wildman–Crippen LogP) is 3.01. The highest BCUT2D eigenvalue weighted by molar-refractivity contribution is 5.85. The van der Waals surface area contributed by atoms with E-state index in [4.69, 9.17) is 0 Å². The maximum Gasteiger partial charge on any atom is 0.237 e. The van der Waals surface area contributed by atoms with E-state index >= 15 is 0 Å². The van der Waals surface area contributed by atoms with Gasteiger partial charge in [0, 0.05) is 19.6 Å². The Morgan fingerprint density at radius 2 is 1.79 bits per heavy atom. The molecule has 1 unspecified atom stereocenters. The Morgan fingerprint density at radius 3 is 2.50 bits per heavy atom. The molecule has 6 heteroatoms. The number of carbonyl (C=O) groups excluding carboxylic acids is 1. The maximum absolute atomic E-state index is 12.4. The van der Waals surface area contributed by atoms with Crippen molar-refractivity contribution in [3.63, 3.8) is 0 Å². The lowest BCUT2D eigenvalue weighted by atomic mass is 10.1. The molecule has 2 heterocycles. The average Bonchev–Trinajstić information content (AvgIpc) is 2.83. The molecule has 1 aromatic rings. The van der Waals surface area contributed by atoms with Gasteiger partial charge in [-0.05, 0) is 49.5 Å². The fourth-order valence-electron chi connectivity index (χ4n) is 3.44. The summed E-state index contributed by atoms with van der Waals surface area (Å²) in [6.45, 7) is 6.69. The first-order valence-corrected chi connectivity index (χ1v) is 8.57. The number of nitrogens with one attached hydrogen (secondary N) is 2. The zero-order chi connectivity index (χ0) is 15.4. The van der Waals surface area contributed by atoms with Crippen molar-refractivity contribution in [3.8, 4) is 0 Å². The average molecular weight is 374 g/mol. The summed E-state index contributed by atoms with van der Waals surface area (Å²) in [7, 11) is 0. The van der Waals surface area contributed by atoms with Gasteiger partial charge in [-0.2, -0.15) is 0 Å². The zero-order valence-electron chi connectivity index (χ0n) is 14.3. The normalized spacial score (nSPS) is 18.5. The van der Waals surface area contributed by atoms with Gasteiger partial charge in [-0.1, -0.05) is 31.0 Å². The number of hydrogen-bond donors (Lipinski definition) is 2. The minimum atomic E-state index is -0.0193. The molecule has 1 aromatic carbocycles. The molecular formula is C18H29Cl2N3O. The summed E-state index contributed by atoms with van der Waals surface area (Å²) in [4.78, 5) is 14.7. The summed E-state index contributed by atoms with van der Waals surface area (Å²) >= 11 is 0. The molecule has 0 aliphatic carbocycles. The van der Waals surface area contributed by atoms with Crippen LogP contribution in [0.25, 0.3) is 0 Å². The van der Waals surface area contributed by atoms with Gasteiger partial charge in [0.15, 0.2) is 0 Å². The molecule has 3 rings (SSSR count). The van der Waals surface area contributed by atoms with Crippen LogP contribution in [0.1, 0.15) is 49.3 Å². The number of halogens is 2. The number of hydrogen-bond acceptors (Lipinski definition) is 3. The predicted molar refractivity (Wildman–Crippen MR) is 103 cm³/mol. The van der Waals surface area contributed by atoms with Crippen LogP contribution in [0.5, 0.6) is 0 Å². The molecule has 24 heavy (non-hydrogen) atoms. The number of fused-ring (bicyclic) bond motifs is 1. The summed E-state index contributed by atoms with van der Waals surface area (Å²) in [5.74, 6) is 0.153. The molecule has 2 aliphatic rings. The highest BCUT2D eigenvalue weighted by atomic mass is 35.5. The van der Waals surface area contributed by atoms with E-state index in [9.17, 15) is 4.79 Å². The third kappa shape index (κ3) is 5.35. The van der Waals surface area contributed by atoms with Gasteiger partial charge < -0.3 is 10.6 Å². The summed E-state index contributed by atoms with van der Waals surface area (Å²) in [5.41, 5.74) is 3.94. The lowest BCUT2D eigenvalue weighted by Crippen LogP contribution is -2.45. The lowest BCUT2D eigenvalue weighted by molar-refractivity contribution is -0.126. The SMILES string of the molecule is CC(C(=O)NCc1ccc2c(c1)CNC2)N1CCCCCC1.Cl.Cl. The van der Waals surface area contributed by atoms with Crippen LogP contribution in [0, 0.1) is 0 Å². The number of amides is 1. The molecule has 136 valence electrons. The zero-order valence-corrected chi connectivity index (χ0v) is 16.0. The molecule has 2 aliphatic heterocycles. The summed E-state index contributed by atoms with van der Waals surface area (Å²) < 4.78 is 0. The molecular weight excluding hydrogens is 345 g/mol. The fraction of sp³-hybridized carbons (Fsp3) is 0.611. The van der Waals surface area contributed by atoms with E-state index < -0.39 is 0 Å². The van der Waals surface area contributed by atoms with Crippen molar-refractivity contribution < 1.29 is 4.79 Å². The molecule has 0 spiro atoms. The molecule has 1 amide bonds. The van der Waals surface area contributed by atoms with Gasteiger partial charge in [0.2, 0.25) is 5.91 Å². The minimum absolute atomic E-state index is 0. The maximum atomic E-state index is 12.4. The van der Waals surface area contributed by atoms with Crippen molar-refractivity contribution in [2.75, 3.05) is 13.1 Å². The Labute approximate surface area is 157 Å². The van der Waals surface area contributed by atoms with E-state index in [2.05, 4.69) is 33.7 Å². The molecule has 1 atom stereocenters. The van der Waals surface area contributed by atoms with Gasteiger partial charge in [0.1, 0.15) is 0 Å². The van der Waals surface area contributed by atoms with Crippen LogP contribution in [0.15, 0.2) is 18.2 Å². The Kier molecular flexibility index (Phi) is 9.06. The molecule has 2 N–H and O–H groups in total. The lowest BCUT2D eigenvalue weighted by Gasteiger charge is -2.26. The Bertz CT molecular complexity index is 531. The van der Waals surface area contributed by atoms with Gasteiger partial charge >= 0.3 is 0 Å². The van der Waals surface area contributed by atoms with Crippen LogP contribution in [0.2, 0.25) is 0 Å². The molecule has 1 saturated heterocycles. The van der Waals surface area contributed by atoms with Crippen LogP contribution < -0.4 is 10.6 Å². The largest absolute Gasteiger partial charge is 0.351 e. The van der Waals surface area contributed by atoms with Crippen molar-refractivity contribution in [1.82, 2.24) is 15.5 Å². The van der Waals surface area contributed by atoms with Crippen molar-refractivity contribution in [1.29, 1.82) is 0 Å². The van der Waals surface area contributed by atoms with E-state index in [1.807, 2.05) is 6.92 Å². The number of likely N-dealkylation sites (tertiary alicyclic amines) is 1. The molecule has 0 bridgehead atoms. The third-order valence-corrected chi connectivity index (χ3v) is 4.94. The molecule has 0 aromatic heterocycles. The van der Waals surface area contributed by atoms with Crippen LogP contribution in [0.4, 0.5) is 0 Å². The summed E-state index contributed by atoms with van der Waals surface area (Å²) in [6.07, 6.45) is 5.03. The van der Waals surface area contributed by atoms with E-state index in [-0.39, 0.29) is 36.8 Å². The van der Waals surface area contributed by atoms with E-state index in [1.165, 1.54) is 42.4 Å². The van der Waals surface area contributed by atoms with Gasteiger partial charge in [0.05, 0.1) is 6.04 Å². The first-order chi connectivity index (χ1) is 10.7. The second-order valence-electron chi connectivity index (χ2n) is 6.55. The Balaban J connectivity index is 0.00000144. The Hall–Kier alpha value is -0.810. The first kappa shape index (κ1) is 21.2. The van der Waals surface area contributed by atoms with Crippen LogP contribution in [-0.2, 0) is 24.4 Å². The second-order valence-corrected chi connectivity index (χ2v) is 6.55. The molecule has 4 nitrogen and oxygen atoms in total. The summed E-state index contributed by atoms with van der Waals surface area (Å²) in [6, 6.07) is 6.50. The number of benzene rings is 1. The molecule has 0 saturated carbocycles. The van der Waals surface area contributed by atoms with Gasteiger partial charge in [0.25, 0.3) is 0 Å². The summed E-state index contributed by atoms with van der Waals surface area (Å²) in [5, 5.41) is 6.46. The van der Waals surface area contributed by atoms with Crippen molar-refractivity contribution in [2.24, 2.45) is 0 Å². The molecule has 1 fully saturated rings. The Morgan fingerprint density at radius 1 is 1.12 bits per heavy atom. The highest BCUT2D eigenvalue weighted by Crippen LogP contribution is 2.17. The van der Waals surface area contributed by atoms with E-state index in [1.54, 1.807) is 0 Å². The number of carbonyl (C=O) groups is 1. The quantitative estimate of drug-likeness (QED) is 0.852.